The van der Waals surface area contributed by atoms with Crippen LogP contribution in [0, 0.1) is 11.3 Å². The van der Waals surface area contributed by atoms with Crippen molar-refractivity contribution in [2.24, 2.45) is 0 Å². The largest absolute Gasteiger partial charge is 1.00 e. The molecule has 5 rings (SSSR count). The monoisotopic (exact) mass is 448 g/mol. The van der Waals surface area contributed by atoms with Crippen LogP contribution >= 0.6 is 11.3 Å². The summed E-state index contributed by atoms with van der Waals surface area (Å²) >= 11 is 1.57. The molecule has 0 aliphatic rings. The summed E-state index contributed by atoms with van der Waals surface area (Å²) in [5, 5.41) is 26.6. The molecule has 0 fully saturated rings. The van der Waals surface area contributed by atoms with Gasteiger partial charge in [-0.3, -0.25) is 10.4 Å². The van der Waals surface area contributed by atoms with Gasteiger partial charge in [0, 0.05) is 11.1 Å². The van der Waals surface area contributed by atoms with E-state index in [9.17, 15) is 5.26 Å². The second kappa shape index (κ2) is 9.89. The zero-order valence-electron chi connectivity index (χ0n) is 17.0. The molecule has 150 valence electrons. The van der Waals surface area contributed by atoms with E-state index in [4.69, 9.17) is 9.15 Å². The van der Waals surface area contributed by atoms with Crippen molar-refractivity contribution in [2.75, 3.05) is 0 Å². The zero-order chi connectivity index (χ0) is 21.0. The molecule has 5 aromatic rings. The van der Waals surface area contributed by atoms with Gasteiger partial charge >= 0.3 is 29.6 Å². The van der Waals surface area contributed by atoms with Crippen molar-refractivity contribution in [1.82, 2.24) is 25.6 Å². The van der Waals surface area contributed by atoms with Gasteiger partial charge in [-0.2, -0.15) is 5.26 Å². The van der Waals surface area contributed by atoms with Crippen LogP contribution in [-0.2, 0) is 6.61 Å². The SMILES string of the molecule is N#Cc1c(-c2ccoc2)cc(-c2cccs2)nc1OCc1cccc(-c2nn[n-]n2)c1.[Na+]. The van der Waals surface area contributed by atoms with Crippen molar-refractivity contribution < 1.29 is 38.7 Å². The second-order valence-corrected chi connectivity index (χ2v) is 7.48. The van der Waals surface area contributed by atoms with E-state index in [-0.39, 0.29) is 42.0 Å². The van der Waals surface area contributed by atoms with Crippen LogP contribution in [0.2, 0.25) is 0 Å². The van der Waals surface area contributed by atoms with Gasteiger partial charge in [-0.25, -0.2) is 10.1 Å². The number of tetrazole rings is 1. The Morgan fingerprint density at radius 1 is 1.12 bits per heavy atom. The van der Waals surface area contributed by atoms with E-state index in [2.05, 4.69) is 31.7 Å². The van der Waals surface area contributed by atoms with Crippen molar-refractivity contribution in [2.45, 2.75) is 6.61 Å². The maximum absolute atomic E-state index is 9.86. The van der Waals surface area contributed by atoms with Gasteiger partial charge in [0.05, 0.1) is 28.9 Å². The first kappa shape index (κ1) is 21.9. The van der Waals surface area contributed by atoms with Crippen LogP contribution in [0.25, 0.3) is 33.1 Å². The number of nitriles is 1. The first-order valence-electron chi connectivity index (χ1n) is 9.24. The predicted molar refractivity (Wildman–Crippen MR) is 113 cm³/mol. The molecular weight excluding hydrogens is 435 g/mol. The Labute approximate surface area is 209 Å². The molecule has 1 aromatic carbocycles. The molecule has 0 saturated heterocycles. The van der Waals surface area contributed by atoms with E-state index in [1.807, 2.05) is 53.9 Å². The summed E-state index contributed by atoms with van der Waals surface area (Å²) in [6, 6.07) is 17.4. The molecule has 0 bridgehead atoms. The smallest absolute Gasteiger partial charge is 0.472 e. The van der Waals surface area contributed by atoms with Gasteiger partial charge in [0.25, 0.3) is 0 Å². The van der Waals surface area contributed by atoms with Crippen molar-refractivity contribution in [3.8, 4) is 45.0 Å². The van der Waals surface area contributed by atoms with E-state index in [1.165, 1.54) is 0 Å². The van der Waals surface area contributed by atoms with Crippen LogP contribution in [-0.4, -0.2) is 20.4 Å². The van der Waals surface area contributed by atoms with E-state index in [0.29, 0.717) is 17.0 Å². The van der Waals surface area contributed by atoms with Gasteiger partial charge in [0.1, 0.15) is 18.2 Å². The molecule has 8 nitrogen and oxygen atoms in total. The summed E-state index contributed by atoms with van der Waals surface area (Å²) in [4.78, 5) is 5.62. The third-order valence-electron chi connectivity index (χ3n) is 4.58. The van der Waals surface area contributed by atoms with Gasteiger partial charge in [-0.05, 0) is 40.8 Å². The van der Waals surface area contributed by atoms with Crippen LogP contribution in [0.5, 0.6) is 5.88 Å². The average molecular weight is 448 g/mol. The summed E-state index contributed by atoms with van der Waals surface area (Å²) in [5.74, 6) is 0.711. The van der Waals surface area contributed by atoms with E-state index >= 15 is 0 Å². The number of aromatic nitrogens is 5. The Bertz CT molecular complexity index is 1350. The van der Waals surface area contributed by atoms with Crippen LogP contribution in [0.15, 0.2) is 70.9 Å². The molecule has 4 aromatic heterocycles. The number of hydrogen-bond donors (Lipinski definition) is 0. The molecule has 0 aliphatic carbocycles. The fourth-order valence-electron chi connectivity index (χ4n) is 3.14. The maximum atomic E-state index is 9.86. The minimum atomic E-state index is 0. The number of nitrogens with zero attached hydrogens (tertiary/aromatic N) is 6. The molecule has 0 unspecified atom stereocenters. The molecule has 0 radical (unpaired) electrons. The Hall–Kier alpha value is -3.29. The summed E-state index contributed by atoms with van der Waals surface area (Å²) in [6.07, 6.45) is 3.17. The number of furan rings is 1. The first-order chi connectivity index (χ1) is 15.3. The predicted octanol–water partition coefficient (Wildman–Crippen LogP) is 1.33. The Kier molecular flexibility index (Phi) is 6.78. The zero-order valence-corrected chi connectivity index (χ0v) is 19.8. The van der Waals surface area contributed by atoms with E-state index in [0.717, 1.165) is 27.3 Å². The van der Waals surface area contributed by atoms with Gasteiger partial charge < -0.3 is 14.3 Å². The minimum Gasteiger partial charge on any atom is -0.472 e. The number of rotatable bonds is 6. The molecule has 10 heteroatoms. The fourth-order valence-corrected chi connectivity index (χ4v) is 3.83. The number of benzene rings is 1. The van der Waals surface area contributed by atoms with Crippen molar-refractivity contribution >= 4 is 11.3 Å². The van der Waals surface area contributed by atoms with Crippen molar-refractivity contribution in [3.63, 3.8) is 0 Å². The molecule has 0 amide bonds. The molecule has 0 aliphatic heterocycles. The molecule has 0 atom stereocenters. The number of ether oxygens (including phenoxy) is 1. The summed E-state index contributed by atoms with van der Waals surface area (Å²) in [5.41, 5.74) is 4.24. The number of thiophene rings is 1. The fraction of sp³-hybridized carbons (Fsp3) is 0.0455. The summed E-state index contributed by atoms with van der Waals surface area (Å²) in [7, 11) is 0. The second-order valence-electron chi connectivity index (χ2n) is 6.53. The Balaban J connectivity index is 0.00000245. The Morgan fingerprint density at radius 3 is 2.78 bits per heavy atom. The van der Waals surface area contributed by atoms with Gasteiger partial charge in [-0.15, -0.1) is 11.3 Å². The topological polar surface area (TPSA) is 112 Å². The molecule has 0 saturated carbocycles. The van der Waals surface area contributed by atoms with E-state index in [1.54, 1.807) is 23.9 Å². The standard InChI is InChI=1S/C22H13N6O2S.Na/c23-11-18-17(16-6-7-29-13-16)10-19(20-5-2-8-31-20)24-22(18)30-12-14-3-1-4-15(9-14)21-25-27-28-26-21;/h1-10,13H,12H2;/q-1;+1. The molecule has 0 N–H and O–H groups in total. The Morgan fingerprint density at radius 2 is 2.06 bits per heavy atom. The molecule has 0 spiro atoms. The molecule has 32 heavy (non-hydrogen) atoms. The summed E-state index contributed by atoms with van der Waals surface area (Å²) < 4.78 is 11.3. The van der Waals surface area contributed by atoms with Gasteiger partial charge in [0.2, 0.25) is 5.88 Å². The van der Waals surface area contributed by atoms with Gasteiger partial charge in [-0.1, -0.05) is 24.3 Å². The maximum Gasteiger partial charge on any atom is 1.00 e. The quantitative estimate of drug-likeness (QED) is 0.358. The van der Waals surface area contributed by atoms with Crippen LogP contribution in [0.1, 0.15) is 11.1 Å². The van der Waals surface area contributed by atoms with Crippen LogP contribution in [0.3, 0.4) is 0 Å². The van der Waals surface area contributed by atoms with Crippen molar-refractivity contribution in [3.05, 3.63) is 77.6 Å². The van der Waals surface area contributed by atoms with E-state index < -0.39 is 0 Å². The molecule has 4 heterocycles. The first-order valence-corrected chi connectivity index (χ1v) is 10.1. The summed E-state index contributed by atoms with van der Waals surface area (Å²) in [6.45, 7) is 0.218. The normalized spacial score (nSPS) is 10.3. The number of hydrogen-bond acceptors (Lipinski definition) is 8. The van der Waals surface area contributed by atoms with Crippen LogP contribution in [0.4, 0.5) is 0 Å². The van der Waals surface area contributed by atoms with Crippen LogP contribution < -0.4 is 39.5 Å². The third-order valence-corrected chi connectivity index (χ3v) is 5.48. The van der Waals surface area contributed by atoms with Crippen molar-refractivity contribution in [1.29, 1.82) is 5.26 Å². The number of pyridine rings is 1. The van der Waals surface area contributed by atoms with Gasteiger partial charge in [0.15, 0.2) is 0 Å². The minimum absolute atomic E-state index is 0. The average Bonchev–Trinajstić information content (AvgIpc) is 3.60. The third kappa shape index (κ3) is 4.49. The molecular formula is C22H13N6NaO2S.